The summed E-state index contributed by atoms with van der Waals surface area (Å²) >= 11 is 4.81. The molecular weight excluding hydrogens is 148 g/mol. The van der Waals surface area contributed by atoms with Gasteiger partial charge in [-0.25, -0.2) is 0 Å². The zero-order valence-electron chi connectivity index (χ0n) is 5.63. The van der Waals surface area contributed by atoms with Gasteiger partial charge in [0.15, 0.2) is 5.11 Å². The zero-order chi connectivity index (χ0) is 7.72. The van der Waals surface area contributed by atoms with E-state index in [0.717, 1.165) is 0 Å². The van der Waals surface area contributed by atoms with Crippen LogP contribution in [0.15, 0.2) is 12.7 Å². The Bertz CT molecular complexity index is 202. The van der Waals surface area contributed by atoms with Gasteiger partial charge in [0.2, 0.25) is 0 Å². The highest BCUT2D eigenvalue weighted by molar-refractivity contribution is 7.80. The van der Waals surface area contributed by atoms with Gasteiger partial charge in [-0.05, 0) is 12.2 Å². The van der Waals surface area contributed by atoms with Crippen LogP contribution in [0.4, 0.5) is 0 Å². The summed E-state index contributed by atoms with van der Waals surface area (Å²) in [5.41, 5.74) is 0. The second kappa shape index (κ2) is 2.38. The van der Waals surface area contributed by atoms with Crippen molar-refractivity contribution >= 4 is 23.2 Å². The molecule has 1 heterocycles. The summed E-state index contributed by atoms with van der Waals surface area (Å²) in [6.07, 6.45) is 1.54. The molecule has 1 amide bonds. The second-order valence-electron chi connectivity index (χ2n) is 2.06. The van der Waals surface area contributed by atoms with Crippen molar-refractivity contribution < 1.29 is 4.79 Å². The van der Waals surface area contributed by atoms with E-state index in [1.54, 1.807) is 7.05 Å². The average molecular weight is 156 g/mol. The summed E-state index contributed by atoms with van der Waals surface area (Å²) < 4.78 is 0. The van der Waals surface area contributed by atoms with Crippen LogP contribution in [-0.2, 0) is 4.79 Å². The van der Waals surface area contributed by atoms with E-state index in [9.17, 15) is 4.79 Å². The third-order valence-corrected chi connectivity index (χ3v) is 1.81. The van der Waals surface area contributed by atoms with E-state index in [1.807, 2.05) is 0 Å². The molecule has 10 heavy (non-hydrogen) atoms. The van der Waals surface area contributed by atoms with Gasteiger partial charge in [-0.3, -0.25) is 9.69 Å². The van der Waals surface area contributed by atoms with E-state index < -0.39 is 0 Å². The summed E-state index contributed by atoms with van der Waals surface area (Å²) in [5, 5.41) is 3.26. The molecule has 54 valence electrons. The Hall–Kier alpha value is -0.900. The number of hydrogen-bond acceptors (Lipinski definition) is 2. The molecule has 1 fully saturated rings. The fourth-order valence-corrected chi connectivity index (χ4v) is 0.977. The van der Waals surface area contributed by atoms with Gasteiger partial charge in [0.25, 0.3) is 5.91 Å². The zero-order valence-corrected chi connectivity index (χ0v) is 6.44. The van der Waals surface area contributed by atoms with Crippen LogP contribution >= 0.6 is 12.2 Å². The molecule has 1 aliphatic heterocycles. The van der Waals surface area contributed by atoms with Crippen molar-refractivity contribution in [3.8, 4) is 0 Å². The molecule has 0 aromatic carbocycles. The summed E-state index contributed by atoms with van der Waals surface area (Å²) in [7, 11) is 1.64. The quantitative estimate of drug-likeness (QED) is 0.424. The smallest absolute Gasteiger partial charge is 0.255 e. The van der Waals surface area contributed by atoms with Gasteiger partial charge in [-0.15, -0.1) is 6.58 Å². The third kappa shape index (κ3) is 0.903. The summed E-state index contributed by atoms with van der Waals surface area (Å²) in [6.45, 7) is 3.49. The fourth-order valence-electron chi connectivity index (χ4n) is 0.760. The maximum Gasteiger partial charge on any atom is 0.255 e. The van der Waals surface area contributed by atoms with Gasteiger partial charge in [-0.1, -0.05) is 6.08 Å². The molecule has 1 rings (SSSR count). The predicted octanol–water partition coefficient (Wildman–Crippen LogP) is -0.112. The molecule has 0 spiro atoms. The fraction of sp³-hybridized carbons (Fsp3) is 0.333. The van der Waals surface area contributed by atoms with Crippen LogP contribution in [0.2, 0.25) is 0 Å². The normalized spacial score (nSPS) is 24.9. The first-order chi connectivity index (χ1) is 4.66. The first kappa shape index (κ1) is 7.21. The molecule has 0 aromatic rings. The molecule has 4 heteroatoms. The van der Waals surface area contributed by atoms with Gasteiger partial charge in [0.05, 0.1) is 0 Å². The first-order valence-corrected chi connectivity index (χ1v) is 3.28. The van der Waals surface area contributed by atoms with E-state index in [4.69, 9.17) is 12.2 Å². The minimum Gasteiger partial charge on any atom is -0.347 e. The minimum absolute atomic E-state index is 0.0417. The lowest BCUT2D eigenvalue weighted by Gasteiger charge is -2.03. The van der Waals surface area contributed by atoms with Gasteiger partial charge in [0, 0.05) is 7.05 Å². The molecule has 3 nitrogen and oxygen atoms in total. The third-order valence-electron chi connectivity index (χ3n) is 1.42. The molecule has 1 saturated heterocycles. The SMILES string of the molecule is C=CC1NC(=S)N(C)C1=O. The van der Waals surface area contributed by atoms with Crippen molar-refractivity contribution in [3.05, 3.63) is 12.7 Å². The molecule has 0 aliphatic carbocycles. The molecule has 0 aromatic heterocycles. The Morgan fingerprint density at radius 1 is 1.90 bits per heavy atom. The average Bonchev–Trinajstić information content (AvgIpc) is 2.17. The number of carbonyl (C=O) groups is 1. The van der Waals surface area contributed by atoms with Gasteiger partial charge in [0.1, 0.15) is 6.04 Å². The number of rotatable bonds is 1. The molecule has 0 radical (unpaired) electrons. The molecule has 0 saturated carbocycles. The molecule has 1 N–H and O–H groups in total. The number of nitrogens with zero attached hydrogens (tertiary/aromatic N) is 1. The lowest BCUT2D eigenvalue weighted by Crippen LogP contribution is -2.26. The topological polar surface area (TPSA) is 32.3 Å². The molecule has 1 aliphatic rings. The largest absolute Gasteiger partial charge is 0.347 e. The Morgan fingerprint density at radius 3 is 2.70 bits per heavy atom. The Kier molecular flexibility index (Phi) is 1.72. The number of amides is 1. The van der Waals surface area contributed by atoms with Crippen molar-refractivity contribution in [1.82, 2.24) is 10.2 Å². The van der Waals surface area contributed by atoms with Crippen LogP contribution in [0.5, 0.6) is 0 Å². The Balaban J connectivity index is 2.80. The number of carbonyl (C=O) groups excluding carboxylic acids is 1. The van der Waals surface area contributed by atoms with Crippen molar-refractivity contribution in [2.75, 3.05) is 7.05 Å². The monoisotopic (exact) mass is 156 g/mol. The van der Waals surface area contributed by atoms with E-state index in [0.29, 0.717) is 5.11 Å². The second-order valence-corrected chi connectivity index (χ2v) is 2.45. The van der Waals surface area contributed by atoms with Crippen LogP contribution in [-0.4, -0.2) is 29.0 Å². The minimum atomic E-state index is -0.322. The lowest BCUT2D eigenvalue weighted by molar-refractivity contribution is -0.125. The number of hydrogen-bond donors (Lipinski definition) is 1. The molecule has 0 bridgehead atoms. The van der Waals surface area contributed by atoms with Crippen LogP contribution < -0.4 is 5.32 Å². The highest BCUT2D eigenvalue weighted by atomic mass is 32.1. The summed E-state index contributed by atoms with van der Waals surface area (Å²) in [5.74, 6) is -0.0417. The van der Waals surface area contributed by atoms with E-state index >= 15 is 0 Å². The van der Waals surface area contributed by atoms with Gasteiger partial charge < -0.3 is 5.32 Å². The number of thiocarbonyl (C=S) groups is 1. The Morgan fingerprint density at radius 2 is 2.50 bits per heavy atom. The number of likely N-dealkylation sites (N-methyl/N-ethyl adjacent to an activating group) is 1. The summed E-state index contributed by atoms with van der Waals surface area (Å²) in [6, 6.07) is -0.322. The number of nitrogens with one attached hydrogen (secondary N) is 1. The van der Waals surface area contributed by atoms with Gasteiger partial charge in [-0.2, -0.15) is 0 Å². The van der Waals surface area contributed by atoms with Gasteiger partial charge >= 0.3 is 0 Å². The van der Waals surface area contributed by atoms with Crippen LogP contribution in [0.25, 0.3) is 0 Å². The van der Waals surface area contributed by atoms with Crippen molar-refractivity contribution in [2.45, 2.75) is 6.04 Å². The highest BCUT2D eigenvalue weighted by Gasteiger charge is 2.29. The van der Waals surface area contributed by atoms with E-state index in [1.165, 1.54) is 11.0 Å². The van der Waals surface area contributed by atoms with Crippen molar-refractivity contribution in [2.24, 2.45) is 0 Å². The summed E-state index contributed by atoms with van der Waals surface area (Å²) in [4.78, 5) is 12.5. The lowest BCUT2D eigenvalue weighted by atomic mass is 10.3. The van der Waals surface area contributed by atoms with E-state index in [2.05, 4.69) is 11.9 Å². The molecular formula is C6H8N2OS. The maximum atomic E-state index is 11.1. The maximum absolute atomic E-state index is 11.1. The van der Waals surface area contributed by atoms with Crippen LogP contribution in [0, 0.1) is 0 Å². The van der Waals surface area contributed by atoms with E-state index in [-0.39, 0.29) is 11.9 Å². The molecule has 1 unspecified atom stereocenters. The predicted molar refractivity (Wildman–Crippen MR) is 42.5 cm³/mol. The standard InChI is InChI=1S/C6H8N2OS/c1-3-4-5(9)8(2)6(10)7-4/h3-4H,1H2,2H3,(H,7,10). The van der Waals surface area contributed by atoms with Crippen molar-refractivity contribution in [1.29, 1.82) is 0 Å². The van der Waals surface area contributed by atoms with Crippen LogP contribution in [0.1, 0.15) is 0 Å². The molecule has 1 atom stereocenters. The van der Waals surface area contributed by atoms with Crippen molar-refractivity contribution in [3.63, 3.8) is 0 Å². The first-order valence-electron chi connectivity index (χ1n) is 2.87. The Labute approximate surface area is 64.7 Å². The highest BCUT2D eigenvalue weighted by Crippen LogP contribution is 2.03. The van der Waals surface area contributed by atoms with Crippen LogP contribution in [0.3, 0.4) is 0 Å².